The fraction of sp³-hybridized carbons (Fsp3) is 0.465. The van der Waals surface area contributed by atoms with Crippen LogP contribution in [0.1, 0.15) is 83.1 Å². The highest BCUT2D eigenvalue weighted by Gasteiger charge is 2.38. The number of alkyl carbamates (subject to hydrolysis) is 1. The van der Waals surface area contributed by atoms with Gasteiger partial charge in [0.1, 0.15) is 17.9 Å². The molecule has 4 atom stereocenters. The lowest BCUT2D eigenvalue weighted by Crippen LogP contribution is -2.52. The number of aromatic amines is 1. The topological polar surface area (TPSA) is 146 Å². The molecular formula is C43H52N6O6. The van der Waals surface area contributed by atoms with E-state index < -0.39 is 18.2 Å². The van der Waals surface area contributed by atoms with Gasteiger partial charge in [0, 0.05) is 48.6 Å². The first-order valence-electron chi connectivity index (χ1n) is 19.7. The highest BCUT2D eigenvalue weighted by molar-refractivity contribution is 5.99. The zero-order chi connectivity index (χ0) is 38.6. The van der Waals surface area contributed by atoms with Crippen molar-refractivity contribution in [3.63, 3.8) is 0 Å². The molecule has 2 saturated heterocycles. The van der Waals surface area contributed by atoms with E-state index in [9.17, 15) is 19.2 Å². The van der Waals surface area contributed by atoms with Crippen LogP contribution in [0, 0.1) is 11.8 Å². The number of carbonyl (C=O) groups excluding carboxylic acids is 4. The summed E-state index contributed by atoms with van der Waals surface area (Å²) in [4.78, 5) is 64.4. The molecular weight excluding hydrogens is 697 g/mol. The molecule has 4 aromatic rings. The molecule has 4 amide bonds. The van der Waals surface area contributed by atoms with Crippen LogP contribution in [0.15, 0.2) is 60.8 Å². The third kappa shape index (κ3) is 8.24. The lowest BCUT2D eigenvalue weighted by Gasteiger charge is -2.29. The van der Waals surface area contributed by atoms with Gasteiger partial charge in [-0.25, -0.2) is 9.78 Å². The molecule has 0 bridgehead atoms. The number of fused-ring (bicyclic) bond motifs is 3. The number of H-pyrrole nitrogens is 1. The minimum absolute atomic E-state index is 0.0252. The molecule has 3 aliphatic heterocycles. The van der Waals surface area contributed by atoms with Gasteiger partial charge in [0.05, 0.1) is 25.5 Å². The maximum absolute atomic E-state index is 13.7. The number of anilines is 1. The Morgan fingerprint density at radius 2 is 1.58 bits per heavy atom. The predicted octanol–water partition coefficient (Wildman–Crippen LogP) is 7.21. The van der Waals surface area contributed by atoms with Crippen LogP contribution in [0.25, 0.3) is 33.2 Å². The molecule has 7 rings (SSSR count). The van der Waals surface area contributed by atoms with Gasteiger partial charge in [-0.15, -0.1) is 0 Å². The summed E-state index contributed by atoms with van der Waals surface area (Å²) in [5.74, 6) is 0.778. The third-order valence-electron chi connectivity index (χ3n) is 11.6. The molecule has 55 heavy (non-hydrogen) atoms. The van der Waals surface area contributed by atoms with Crippen LogP contribution in [-0.4, -0.2) is 82.5 Å². The van der Waals surface area contributed by atoms with E-state index >= 15 is 0 Å². The number of aromatic nitrogens is 2. The third-order valence-corrected chi connectivity index (χ3v) is 11.6. The maximum Gasteiger partial charge on any atom is 0.407 e. The van der Waals surface area contributed by atoms with Crippen molar-refractivity contribution >= 4 is 40.3 Å². The molecule has 0 radical (unpaired) electrons. The molecule has 0 aliphatic carbocycles. The number of hydrogen-bond acceptors (Lipinski definition) is 7. The minimum Gasteiger partial charge on any atom is -0.453 e. The average molecular weight is 749 g/mol. The number of carbonyl (C=O) groups is 4. The van der Waals surface area contributed by atoms with E-state index in [4.69, 9.17) is 14.5 Å². The van der Waals surface area contributed by atoms with Crippen molar-refractivity contribution in [3.8, 4) is 22.4 Å². The van der Waals surface area contributed by atoms with Crippen molar-refractivity contribution in [2.24, 2.45) is 11.8 Å². The van der Waals surface area contributed by atoms with Gasteiger partial charge < -0.3 is 34.9 Å². The average Bonchev–Trinajstić information content (AvgIpc) is 3.99. The Morgan fingerprint density at radius 1 is 0.873 bits per heavy atom. The van der Waals surface area contributed by atoms with E-state index in [1.54, 1.807) is 4.90 Å². The Labute approximate surface area is 322 Å². The van der Waals surface area contributed by atoms with E-state index in [-0.39, 0.29) is 35.6 Å². The normalized spacial score (nSPS) is 21.5. The van der Waals surface area contributed by atoms with Crippen LogP contribution in [0.2, 0.25) is 0 Å². The molecule has 0 unspecified atom stereocenters. The highest BCUT2D eigenvalue weighted by Crippen LogP contribution is 2.35. The Bertz CT molecular complexity index is 2060. The number of imidazole rings is 1. The van der Waals surface area contributed by atoms with E-state index in [1.165, 1.54) is 7.11 Å². The largest absolute Gasteiger partial charge is 0.453 e. The second kappa shape index (κ2) is 16.6. The summed E-state index contributed by atoms with van der Waals surface area (Å²) >= 11 is 0. The molecule has 3 N–H and O–H groups in total. The molecule has 4 heterocycles. The lowest BCUT2D eigenvalue weighted by molar-refractivity contribution is -0.138. The summed E-state index contributed by atoms with van der Waals surface area (Å²) in [5.41, 5.74) is 5.40. The summed E-state index contributed by atoms with van der Waals surface area (Å²) in [5, 5.41) is 7.92. The number of hydrogen-bond donors (Lipinski definition) is 3. The van der Waals surface area contributed by atoms with Gasteiger partial charge in [-0.1, -0.05) is 51.1 Å². The second-order valence-corrected chi connectivity index (χ2v) is 15.5. The molecule has 12 nitrogen and oxygen atoms in total. The van der Waals surface area contributed by atoms with Crippen LogP contribution in [0.3, 0.4) is 0 Å². The zero-order valence-electron chi connectivity index (χ0n) is 32.2. The Hall–Kier alpha value is -5.23. The summed E-state index contributed by atoms with van der Waals surface area (Å²) in [7, 11) is 1.27. The number of likely N-dealkylation sites (tertiary alicyclic amines) is 1. The highest BCUT2D eigenvalue weighted by atomic mass is 16.5. The van der Waals surface area contributed by atoms with Crippen molar-refractivity contribution in [2.75, 3.05) is 32.1 Å². The minimum atomic E-state index is -0.769. The van der Waals surface area contributed by atoms with Crippen molar-refractivity contribution in [1.82, 2.24) is 25.1 Å². The second-order valence-electron chi connectivity index (χ2n) is 15.5. The van der Waals surface area contributed by atoms with Gasteiger partial charge in [-0.2, -0.15) is 0 Å². The first-order valence-corrected chi connectivity index (χ1v) is 19.7. The molecule has 3 aromatic carbocycles. The van der Waals surface area contributed by atoms with Crippen LogP contribution in [0.5, 0.6) is 0 Å². The van der Waals surface area contributed by atoms with Crippen LogP contribution in [-0.2, 0) is 30.5 Å². The first kappa shape index (κ1) is 38.1. The zero-order valence-corrected chi connectivity index (χ0v) is 32.2. The number of rotatable bonds is 6. The number of nitrogens with one attached hydrogen (secondary N) is 3. The van der Waals surface area contributed by atoms with E-state index in [1.807, 2.05) is 30.2 Å². The Kier molecular flexibility index (Phi) is 11.5. The van der Waals surface area contributed by atoms with Gasteiger partial charge in [0.15, 0.2) is 0 Å². The summed E-state index contributed by atoms with van der Waals surface area (Å²) < 4.78 is 10.9. The fourth-order valence-corrected chi connectivity index (χ4v) is 8.03. The van der Waals surface area contributed by atoms with E-state index in [0.717, 1.165) is 63.9 Å². The number of benzene rings is 3. The molecule has 2 fully saturated rings. The molecule has 0 spiro atoms. The molecule has 0 saturated carbocycles. The SMILES string of the molecule is COC(=O)N[C@H]1CCCCOCc2cc(-c3ccc4cc(-c5c[nH]c([C@@H]6CCCN6C(=O)[C@@H](C)C(C)C)n5)ccc4c3)ccc2NC(=O)[C@@H]2CCCN2C1=O. The van der Waals surface area contributed by atoms with E-state index in [2.05, 4.69) is 71.9 Å². The number of amides is 4. The number of methoxy groups -OCH3 is 1. The summed E-state index contributed by atoms with van der Waals surface area (Å²) in [6.45, 7) is 8.20. The fourth-order valence-electron chi connectivity index (χ4n) is 8.03. The lowest BCUT2D eigenvalue weighted by atomic mass is 9.96. The van der Waals surface area contributed by atoms with Crippen LogP contribution < -0.4 is 10.6 Å². The maximum atomic E-state index is 13.7. The van der Waals surface area contributed by atoms with Crippen molar-refractivity contribution in [3.05, 3.63) is 72.2 Å². The standard InChI is InChI=1S/C43H52N6O6/c1-26(2)27(3)41(51)48-18-7-10-37(48)39-44-24-36(45-39)32-15-14-29-21-28(12-13-30(29)22-32)31-16-17-34-33(23-31)25-55-20-6-5-9-35(47-43(53)54-4)42(52)49-19-8-11-38(49)40(50)46-34/h12-17,21-24,26-27,35,37-38H,5-11,18-20,25H2,1-4H3,(H,44,45)(H,46,50)(H,47,53)/t27-,35-,37-,38-/m0/s1. The molecule has 290 valence electrons. The number of nitrogens with zero attached hydrogens (tertiary/aromatic N) is 3. The van der Waals surface area contributed by atoms with Crippen LogP contribution >= 0.6 is 0 Å². The summed E-state index contributed by atoms with van der Waals surface area (Å²) in [6.07, 6.45) is 6.20. The molecule has 12 heteroatoms. The first-order chi connectivity index (χ1) is 26.6. The molecule has 1 aromatic heterocycles. The van der Waals surface area contributed by atoms with Gasteiger partial charge in [-0.05, 0) is 97.0 Å². The van der Waals surface area contributed by atoms with Gasteiger partial charge in [0.25, 0.3) is 0 Å². The van der Waals surface area contributed by atoms with Crippen molar-refractivity contribution < 1.29 is 28.7 Å². The van der Waals surface area contributed by atoms with Gasteiger partial charge in [0.2, 0.25) is 17.7 Å². The van der Waals surface area contributed by atoms with Gasteiger partial charge in [-0.3, -0.25) is 14.4 Å². The Balaban J connectivity index is 1.09. The monoisotopic (exact) mass is 748 g/mol. The van der Waals surface area contributed by atoms with Crippen molar-refractivity contribution in [2.45, 2.75) is 90.4 Å². The molecule has 3 aliphatic rings. The quantitative estimate of drug-likeness (QED) is 0.189. The number of ether oxygens (including phenoxy) is 2. The predicted molar refractivity (Wildman–Crippen MR) is 211 cm³/mol. The Morgan fingerprint density at radius 3 is 2.36 bits per heavy atom. The van der Waals surface area contributed by atoms with Crippen molar-refractivity contribution in [1.29, 1.82) is 0 Å². The van der Waals surface area contributed by atoms with Gasteiger partial charge >= 0.3 is 6.09 Å². The smallest absolute Gasteiger partial charge is 0.407 e. The van der Waals surface area contributed by atoms with E-state index in [0.29, 0.717) is 57.6 Å². The van der Waals surface area contributed by atoms with Crippen LogP contribution in [0.4, 0.5) is 10.5 Å². The summed E-state index contributed by atoms with van der Waals surface area (Å²) in [6, 6.07) is 17.3.